The maximum Gasteiger partial charge on any atom is 0.270 e. The summed E-state index contributed by atoms with van der Waals surface area (Å²) in [5.41, 5.74) is 4.61. The molecule has 0 saturated heterocycles. The molecule has 0 bridgehead atoms. The van der Waals surface area contributed by atoms with Gasteiger partial charge in [-0.1, -0.05) is 12.1 Å². The molecule has 0 radical (unpaired) electrons. The van der Waals surface area contributed by atoms with Crippen LogP contribution >= 0.6 is 15.9 Å². The van der Waals surface area contributed by atoms with E-state index in [4.69, 9.17) is 5.11 Å². The molecule has 80 valence electrons. The Kier molecular flexibility index (Phi) is 4.26. The fraction of sp³-hybridized carbons (Fsp3) is 0.111. The fourth-order valence-corrected chi connectivity index (χ4v) is 1.34. The van der Waals surface area contributed by atoms with Crippen molar-refractivity contribution in [1.82, 2.24) is 10.9 Å². The van der Waals surface area contributed by atoms with Crippen molar-refractivity contribution in [1.29, 1.82) is 0 Å². The predicted molar refractivity (Wildman–Crippen MR) is 56.8 cm³/mol. The summed E-state index contributed by atoms with van der Waals surface area (Å²) in [6, 6.07) is 6.79. The highest BCUT2D eigenvalue weighted by Gasteiger charge is 2.09. The van der Waals surface area contributed by atoms with E-state index in [2.05, 4.69) is 21.4 Å². The number of aliphatic hydroxyl groups is 1. The normalized spacial score (nSPS) is 9.47. The summed E-state index contributed by atoms with van der Waals surface area (Å²) in [5.74, 6) is -1.13. The summed E-state index contributed by atoms with van der Waals surface area (Å²) < 4.78 is 0.626. The minimum atomic E-state index is -0.671. The second kappa shape index (κ2) is 5.47. The molecule has 6 heteroatoms. The summed E-state index contributed by atoms with van der Waals surface area (Å²) >= 11 is 3.20. The van der Waals surface area contributed by atoms with E-state index in [1.165, 1.54) is 0 Å². The van der Waals surface area contributed by atoms with Crippen molar-refractivity contribution in [3.63, 3.8) is 0 Å². The van der Waals surface area contributed by atoms with Crippen LogP contribution in [0.4, 0.5) is 0 Å². The molecular weight excluding hydrogens is 264 g/mol. The zero-order chi connectivity index (χ0) is 11.3. The molecule has 2 amide bonds. The number of hydrogen-bond acceptors (Lipinski definition) is 3. The minimum absolute atomic E-state index is 0.399. The third-order valence-electron chi connectivity index (χ3n) is 1.58. The number of hydrazine groups is 1. The van der Waals surface area contributed by atoms with E-state index in [-0.39, 0.29) is 0 Å². The highest BCUT2D eigenvalue weighted by Crippen LogP contribution is 2.14. The molecule has 0 aromatic heterocycles. The van der Waals surface area contributed by atoms with Crippen LogP contribution in [0.3, 0.4) is 0 Å². The zero-order valence-electron chi connectivity index (χ0n) is 7.66. The van der Waals surface area contributed by atoms with Crippen LogP contribution in [-0.2, 0) is 4.79 Å². The average Bonchev–Trinajstić information content (AvgIpc) is 2.26. The number of benzene rings is 1. The molecule has 0 unspecified atom stereocenters. The Morgan fingerprint density at radius 2 is 1.93 bits per heavy atom. The highest BCUT2D eigenvalue weighted by atomic mass is 79.9. The summed E-state index contributed by atoms with van der Waals surface area (Å²) in [6.45, 7) is -0.670. The Morgan fingerprint density at radius 3 is 2.53 bits per heavy atom. The third kappa shape index (κ3) is 3.34. The van der Waals surface area contributed by atoms with Gasteiger partial charge in [-0.15, -0.1) is 0 Å². The standard InChI is InChI=1S/C9H9BrN2O3/c10-7-4-2-1-3-6(7)9(15)12-11-8(14)5-13/h1-4,13H,5H2,(H,11,14)(H,12,15). The van der Waals surface area contributed by atoms with Crippen molar-refractivity contribution < 1.29 is 14.7 Å². The molecule has 0 spiro atoms. The first-order valence-electron chi connectivity index (χ1n) is 4.09. The molecule has 0 heterocycles. The lowest BCUT2D eigenvalue weighted by Gasteiger charge is -2.06. The van der Waals surface area contributed by atoms with E-state index < -0.39 is 18.4 Å². The molecular formula is C9H9BrN2O3. The quantitative estimate of drug-likeness (QED) is 0.674. The largest absolute Gasteiger partial charge is 0.386 e. The van der Waals surface area contributed by atoms with Crippen LogP contribution in [0.25, 0.3) is 0 Å². The van der Waals surface area contributed by atoms with Gasteiger partial charge in [-0.3, -0.25) is 20.4 Å². The molecule has 0 aliphatic rings. The highest BCUT2D eigenvalue weighted by molar-refractivity contribution is 9.10. The average molecular weight is 273 g/mol. The molecule has 1 aromatic carbocycles. The Morgan fingerprint density at radius 1 is 1.27 bits per heavy atom. The van der Waals surface area contributed by atoms with Gasteiger partial charge in [-0.2, -0.15) is 0 Å². The van der Waals surface area contributed by atoms with Crippen molar-refractivity contribution in [3.8, 4) is 0 Å². The summed E-state index contributed by atoms with van der Waals surface area (Å²) in [5, 5.41) is 8.40. The lowest BCUT2D eigenvalue weighted by Crippen LogP contribution is -2.43. The third-order valence-corrected chi connectivity index (χ3v) is 2.27. The number of aliphatic hydroxyl groups excluding tert-OH is 1. The molecule has 1 aromatic rings. The van der Waals surface area contributed by atoms with Gasteiger partial charge in [0.15, 0.2) is 0 Å². The first-order chi connectivity index (χ1) is 7.15. The van der Waals surface area contributed by atoms with Crippen molar-refractivity contribution in [2.24, 2.45) is 0 Å². The summed E-state index contributed by atoms with van der Waals surface area (Å²) in [6.07, 6.45) is 0. The maximum atomic E-state index is 11.4. The summed E-state index contributed by atoms with van der Waals surface area (Å²) in [4.78, 5) is 22.1. The number of carbonyl (C=O) groups is 2. The molecule has 3 N–H and O–H groups in total. The first kappa shape index (κ1) is 11.7. The molecule has 0 aliphatic heterocycles. The van der Waals surface area contributed by atoms with Crippen molar-refractivity contribution in [2.45, 2.75) is 0 Å². The lowest BCUT2D eigenvalue weighted by atomic mass is 10.2. The molecule has 5 nitrogen and oxygen atoms in total. The van der Waals surface area contributed by atoms with E-state index >= 15 is 0 Å². The maximum absolute atomic E-state index is 11.4. The van der Waals surface area contributed by atoms with Gasteiger partial charge in [0, 0.05) is 4.47 Å². The van der Waals surface area contributed by atoms with Crippen molar-refractivity contribution in [3.05, 3.63) is 34.3 Å². The van der Waals surface area contributed by atoms with E-state index in [9.17, 15) is 9.59 Å². The van der Waals surface area contributed by atoms with Crippen LogP contribution in [0.1, 0.15) is 10.4 Å². The number of amides is 2. The Hall–Kier alpha value is -1.40. The van der Waals surface area contributed by atoms with E-state index in [0.717, 1.165) is 0 Å². The number of nitrogens with one attached hydrogen (secondary N) is 2. The molecule has 0 atom stereocenters. The SMILES string of the molecule is O=C(CO)NNC(=O)c1ccccc1Br. The van der Waals surface area contributed by atoms with Gasteiger partial charge in [0.25, 0.3) is 11.8 Å². The Balaban J connectivity index is 2.62. The van der Waals surface area contributed by atoms with Crippen LogP contribution in [-0.4, -0.2) is 23.5 Å². The zero-order valence-corrected chi connectivity index (χ0v) is 9.24. The lowest BCUT2D eigenvalue weighted by molar-refractivity contribution is -0.124. The van der Waals surface area contributed by atoms with Gasteiger partial charge in [-0.05, 0) is 28.1 Å². The van der Waals surface area contributed by atoms with Gasteiger partial charge >= 0.3 is 0 Å². The monoisotopic (exact) mass is 272 g/mol. The van der Waals surface area contributed by atoms with Gasteiger partial charge in [-0.25, -0.2) is 0 Å². The van der Waals surface area contributed by atoms with Crippen LogP contribution in [0.5, 0.6) is 0 Å². The van der Waals surface area contributed by atoms with E-state index in [1.54, 1.807) is 24.3 Å². The van der Waals surface area contributed by atoms with Crippen LogP contribution in [0.2, 0.25) is 0 Å². The number of hydrogen-bond donors (Lipinski definition) is 3. The second-order valence-corrected chi connectivity index (χ2v) is 3.49. The van der Waals surface area contributed by atoms with E-state index in [1.807, 2.05) is 5.43 Å². The second-order valence-electron chi connectivity index (χ2n) is 2.64. The molecule has 15 heavy (non-hydrogen) atoms. The minimum Gasteiger partial charge on any atom is -0.386 e. The predicted octanol–water partition coefficient (Wildman–Crippen LogP) is 0.202. The molecule has 0 aliphatic carbocycles. The van der Waals surface area contributed by atoms with Crippen molar-refractivity contribution in [2.75, 3.05) is 6.61 Å². The van der Waals surface area contributed by atoms with Crippen LogP contribution in [0.15, 0.2) is 28.7 Å². The number of halogens is 1. The van der Waals surface area contributed by atoms with Gasteiger partial charge in [0.1, 0.15) is 6.61 Å². The molecule has 0 fully saturated rings. The smallest absolute Gasteiger partial charge is 0.270 e. The number of carbonyl (C=O) groups excluding carboxylic acids is 2. The fourth-order valence-electron chi connectivity index (χ4n) is 0.879. The van der Waals surface area contributed by atoms with Gasteiger partial charge < -0.3 is 5.11 Å². The molecule has 1 rings (SSSR count). The van der Waals surface area contributed by atoms with Gasteiger partial charge in [0.2, 0.25) is 0 Å². The number of rotatable bonds is 2. The Labute approximate surface area is 94.6 Å². The van der Waals surface area contributed by atoms with E-state index in [0.29, 0.717) is 10.0 Å². The molecule has 0 saturated carbocycles. The van der Waals surface area contributed by atoms with Crippen LogP contribution in [0, 0.1) is 0 Å². The topological polar surface area (TPSA) is 78.4 Å². The van der Waals surface area contributed by atoms with Crippen molar-refractivity contribution >= 4 is 27.7 Å². The Bertz CT molecular complexity index is 381. The summed E-state index contributed by atoms with van der Waals surface area (Å²) in [7, 11) is 0. The van der Waals surface area contributed by atoms with Crippen LogP contribution < -0.4 is 10.9 Å². The first-order valence-corrected chi connectivity index (χ1v) is 4.89. The van der Waals surface area contributed by atoms with Gasteiger partial charge in [0.05, 0.1) is 5.56 Å².